The molecule has 1 N–H and O–H groups in total. The Kier molecular flexibility index (Phi) is 2.73. The van der Waals surface area contributed by atoms with Gasteiger partial charge in [-0.05, 0) is 26.2 Å². The topological polar surface area (TPSA) is 64.1 Å². The molecule has 5 heteroatoms. The molecule has 0 amide bonds. The van der Waals surface area contributed by atoms with E-state index in [2.05, 4.69) is 4.98 Å². The summed E-state index contributed by atoms with van der Waals surface area (Å²) in [5, 5.41) is 0. The first-order chi connectivity index (χ1) is 7.18. The van der Waals surface area contributed by atoms with Crippen molar-refractivity contribution >= 4 is 0 Å². The molecule has 0 spiro atoms. The van der Waals surface area contributed by atoms with Gasteiger partial charge in [-0.3, -0.25) is 14.3 Å². The maximum atomic E-state index is 11.5. The first-order valence-corrected chi connectivity index (χ1v) is 5.12. The van der Waals surface area contributed by atoms with Gasteiger partial charge >= 0.3 is 5.69 Å². The summed E-state index contributed by atoms with van der Waals surface area (Å²) in [7, 11) is 0. The number of ether oxygens (including phenoxy) is 1. The summed E-state index contributed by atoms with van der Waals surface area (Å²) in [5.74, 6) is 0. The standard InChI is InChI=1S/C10H14N2O3/c1-7-6-12(10(14)11-9(7)13)8-4-2-3-5-15-8/h6,8H,2-5H2,1H3,(H,11,13,14). The third-order valence-corrected chi connectivity index (χ3v) is 2.61. The lowest BCUT2D eigenvalue weighted by molar-refractivity contribution is -0.0350. The summed E-state index contributed by atoms with van der Waals surface area (Å²) in [6, 6.07) is 0. The van der Waals surface area contributed by atoms with Gasteiger partial charge in [0.05, 0.1) is 0 Å². The lowest BCUT2D eigenvalue weighted by Crippen LogP contribution is -2.35. The molecule has 0 bridgehead atoms. The number of aryl methyl sites for hydroxylation is 1. The Bertz CT molecular complexity index is 454. The molecule has 5 nitrogen and oxygen atoms in total. The third kappa shape index (κ3) is 2.02. The fourth-order valence-electron chi connectivity index (χ4n) is 1.74. The van der Waals surface area contributed by atoms with E-state index in [9.17, 15) is 9.59 Å². The van der Waals surface area contributed by atoms with Gasteiger partial charge in [-0.15, -0.1) is 0 Å². The summed E-state index contributed by atoms with van der Waals surface area (Å²) >= 11 is 0. The number of rotatable bonds is 1. The highest BCUT2D eigenvalue weighted by atomic mass is 16.5. The summed E-state index contributed by atoms with van der Waals surface area (Å²) in [4.78, 5) is 25.0. The van der Waals surface area contributed by atoms with Gasteiger partial charge in [0.25, 0.3) is 5.56 Å². The van der Waals surface area contributed by atoms with E-state index in [1.165, 1.54) is 4.57 Å². The van der Waals surface area contributed by atoms with Crippen LogP contribution in [0.5, 0.6) is 0 Å². The van der Waals surface area contributed by atoms with Crippen molar-refractivity contribution in [2.24, 2.45) is 0 Å². The number of aromatic amines is 1. The normalized spacial score (nSPS) is 21.5. The lowest BCUT2D eigenvalue weighted by Gasteiger charge is -2.24. The number of hydrogen-bond acceptors (Lipinski definition) is 3. The molecule has 1 saturated heterocycles. The van der Waals surface area contributed by atoms with Gasteiger partial charge in [0, 0.05) is 18.4 Å². The molecule has 1 aliphatic rings. The Morgan fingerprint density at radius 2 is 2.27 bits per heavy atom. The average molecular weight is 210 g/mol. The number of hydrogen-bond donors (Lipinski definition) is 1. The van der Waals surface area contributed by atoms with Gasteiger partial charge in [-0.1, -0.05) is 0 Å². The van der Waals surface area contributed by atoms with Crippen molar-refractivity contribution in [2.45, 2.75) is 32.4 Å². The second-order valence-corrected chi connectivity index (χ2v) is 3.80. The van der Waals surface area contributed by atoms with Crippen LogP contribution < -0.4 is 11.2 Å². The molecule has 1 fully saturated rings. The van der Waals surface area contributed by atoms with Crippen LogP contribution in [-0.2, 0) is 4.74 Å². The third-order valence-electron chi connectivity index (χ3n) is 2.61. The van der Waals surface area contributed by atoms with Crippen molar-refractivity contribution in [1.29, 1.82) is 0 Å². The Morgan fingerprint density at radius 3 is 2.93 bits per heavy atom. The summed E-state index contributed by atoms with van der Waals surface area (Å²) < 4.78 is 6.95. The molecule has 2 heterocycles. The fraction of sp³-hybridized carbons (Fsp3) is 0.600. The molecule has 1 aromatic heterocycles. The quantitative estimate of drug-likeness (QED) is 0.736. The zero-order chi connectivity index (χ0) is 10.8. The fourth-order valence-corrected chi connectivity index (χ4v) is 1.74. The molecule has 0 aliphatic carbocycles. The first-order valence-electron chi connectivity index (χ1n) is 5.12. The van der Waals surface area contributed by atoms with Gasteiger partial charge in [0.1, 0.15) is 6.23 Å². The minimum absolute atomic E-state index is 0.221. The molecule has 0 saturated carbocycles. The molecule has 15 heavy (non-hydrogen) atoms. The number of nitrogens with zero attached hydrogens (tertiary/aromatic N) is 1. The van der Waals surface area contributed by atoms with Crippen LogP contribution in [0.25, 0.3) is 0 Å². The Morgan fingerprint density at radius 1 is 1.47 bits per heavy atom. The molecule has 1 atom stereocenters. The molecular weight excluding hydrogens is 196 g/mol. The molecule has 82 valence electrons. The Labute approximate surface area is 86.7 Å². The molecule has 2 rings (SSSR count). The molecule has 0 radical (unpaired) electrons. The summed E-state index contributed by atoms with van der Waals surface area (Å²) in [5.41, 5.74) is -0.187. The summed E-state index contributed by atoms with van der Waals surface area (Å²) in [6.07, 6.45) is 4.26. The van der Waals surface area contributed by atoms with E-state index in [-0.39, 0.29) is 11.8 Å². The van der Waals surface area contributed by atoms with Crippen LogP contribution in [0.1, 0.15) is 31.1 Å². The highest BCUT2D eigenvalue weighted by Crippen LogP contribution is 2.20. The van der Waals surface area contributed by atoms with Crippen molar-refractivity contribution < 1.29 is 4.74 Å². The van der Waals surface area contributed by atoms with E-state index < -0.39 is 5.69 Å². The van der Waals surface area contributed by atoms with Crippen molar-refractivity contribution in [3.8, 4) is 0 Å². The molecule has 1 aromatic rings. The highest BCUT2D eigenvalue weighted by Gasteiger charge is 2.17. The van der Waals surface area contributed by atoms with Crippen LogP contribution in [0, 0.1) is 6.92 Å². The number of H-pyrrole nitrogens is 1. The molecule has 1 unspecified atom stereocenters. The van der Waals surface area contributed by atoms with E-state index in [1.807, 2.05) is 0 Å². The minimum Gasteiger partial charge on any atom is -0.358 e. The zero-order valence-corrected chi connectivity index (χ0v) is 8.66. The number of nitrogens with one attached hydrogen (secondary N) is 1. The second-order valence-electron chi connectivity index (χ2n) is 3.80. The van der Waals surface area contributed by atoms with Gasteiger partial charge < -0.3 is 4.74 Å². The Balaban J connectivity index is 2.39. The van der Waals surface area contributed by atoms with E-state index in [1.54, 1.807) is 13.1 Å². The van der Waals surface area contributed by atoms with Crippen LogP contribution in [0.3, 0.4) is 0 Å². The van der Waals surface area contributed by atoms with Gasteiger partial charge in [-0.25, -0.2) is 4.79 Å². The van der Waals surface area contributed by atoms with Gasteiger partial charge in [0.15, 0.2) is 0 Å². The summed E-state index contributed by atoms with van der Waals surface area (Å²) in [6.45, 7) is 2.35. The van der Waals surface area contributed by atoms with Crippen molar-refractivity contribution in [3.63, 3.8) is 0 Å². The van der Waals surface area contributed by atoms with E-state index in [0.29, 0.717) is 12.2 Å². The van der Waals surface area contributed by atoms with Crippen molar-refractivity contribution in [2.75, 3.05) is 6.61 Å². The zero-order valence-electron chi connectivity index (χ0n) is 8.66. The predicted molar refractivity (Wildman–Crippen MR) is 54.9 cm³/mol. The van der Waals surface area contributed by atoms with Crippen LogP contribution in [-0.4, -0.2) is 16.2 Å². The molecule has 1 aliphatic heterocycles. The average Bonchev–Trinajstić information content (AvgIpc) is 2.25. The van der Waals surface area contributed by atoms with Crippen LogP contribution in [0.4, 0.5) is 0 Å². The van der Waals surface area contributed by atoms with Gasteiger partial charge in [-0.2, -0.15) is 0 Å². The van der Waals surface area contributed by atoms with Crippen LogP contribution in [0.2, 0.25) is 0 Å². The first kappa shape index (κ1) is 10.2. The molecule has 0 aromatic carbocycles. The van der Waals surface area contributed by atoms with E-state index >= 15 is 0 Å². The lowest BCUT2D eigenvalue weighted by atomic mass is 10.2. The SMILES string of the molecule is Cc1cn(C2CCCCO2)c(=O)[nH]c1=O. The largest absolute Gasteiger partial charge is 0.358 e. The highest BCUT2D eigenvalue weighted by molar-refractivity contribution is 5.01. The van der Waals surface area contributed by atoms with Gasteiger partial charge in [0.2, 0.25) is 0 Å². The van der Waals surface area contributed by atoms with Crippen molar-refractivity contribution in [1.82, 2.24) is 9.55 Å². The monoisotopic (exact) mass is 210 g/mol. The van der Waals surface area contributed by atoms with Crippen LogP contribution in [0.15, 0.2) is 15.8 Å². The van der Waals surface area contributed by atoms with Crippen LogP contribution >= 0.6 is 0 Å². The maximum Gasteiger partial charge on any atom is 0.330 e. The maximum absolute atomic E-state index is 11.5. The minimum atomic E-state index is -0.391. The smallest absolute Gasteiger partial charge is 0.330 e. The Hall–Kier alpha value is -1.36. The predicted octanol–water partition coefficient (Wildman–Crippen LogP) is 0.544. The number of aromatic nitrogens is 2. The van der Waals surface area contributed by atoms with Crippen molar-refractivity contribution in [3.05, 3.63) is 32.6 Å². The second kappa shape index (κ2) is 4.02. The van der Waals surface area contributed by atoms with E-state index in [4.69, 9.17) is 4.74 Å². The molecular formula is C10H14N2O3. The van der Waals surface area contributed by atoms with E-state index in [0.717, 1.165) is 19.3 Å².